The highest BCUT2D eigenvalue weighted by molar-refractivity contribution is 5.26. The van der Waals surface area contributed by atoms with E-state index in [0.29, 0.717) is 19.3 Å². The highest BCUT2D eigenvalue weighted by atomic mass is 19.2. The molecule has 0 saturated heterocycles. The second-order valence-corrected chi connectivity index (χ2v) is 4.23. The average molecular weight is 246 g/mol. The van der Waals surface area contributed by atoms with Crippen LogP contribution in [0.2, 0.25) is 0 Å². The molecule has 2 nitrogen and oxygen atoms in total. The Morgan fingerprint density at radius 3 is 2.59 bits per heavy atom. The molecule has 2 unspecified atom stereocenters. The average Bonchev–Trinajstić information content (AvgIpc) is 2.30. The lowest BCUT2D eigenvalue weighted by atomic mass is 9.95. The summed E-state index contributed by atoms with van der Waals surface area (Å²) in [7, 11) is 0. The van der Waals surface area contributed by atoms with E-state index in [2.05, 4.69) is 0 Å². The van der Waals surface area contributed by atoms with Crippen LogP contribution in [0.4, 0.5) is 13.2 Å². The normalized spacial score (nSPS) is 24.7. The molecule has 2 atom stereocenters. The Morgan fingerprint density at radius 2 is 1.88 bits per heavy atom. The molecular formula is C12H13F3O2. The standard InChI is InChI=1S/C12H13F3O2/c13-9-4-5-10(12(15)11(9)14)17-8-3-1-2-7(16)6-8/h4-5,7-8,16H,1-3,6H2. The van der Waals surface area contributed by atoms with Crippen LogP contribution in [0.3, 0.4) is 0 Å². The van der Waals surface area contributed by atoms with Crippen LogP contribution in [0.15, 0.2) is 12.1 Å². The maximum Gasteiger partial charge on any atom is 0.203 e. The molecule has 0 amide bonds. The summed E-state index contributed by atoms with van der Waals surface area (Å²) in [4.78, 5) is 0. The van der Waals surface area contributed by atoms with Crippen molar-refractivity contribution in [3.63, 3.8) is 0 Å². The number of halogens is 3. The minimum atomic E-state index is -1.53. The van der Waals surface area contributed by atoms with Gasteiger partial charge >= 0.3 is 0 Å². The van der Waals surface area contributed by atoms with Gasteiger partial charge in [0.25, 0.3) is 0 Å². The highest BCUT2D eigenvalue weighted by Gasteiger charge is 2.23. The van der Waals surface area contributed by atoms with E-state index in [1.54, 1.807) is 0 Å². The fourth-order valence-electron chi connectivity index (χ4n) is 2.01. The van der Waals surface area contributed by atoms with Crippen molar-refractivity contribution < 1.29 is 23.0 Å². The van der Waals surface area contributed by atoms with Crippen molar-refractivity contribution in [2.45, 2.75) is 37.9 Å². The summed E-state index contributed by atoms with van der Waals surface area (Å²) in [6, 6.07) is 1.89. The van der Waals surface area contributed by atoms with E-state index >= 15 is 0 Å². The first-order valence-electron chi connectivity index (χ1n) is 5.56. The topological polar surface area (TPSA) is 29.5 Å². The molecule has 1 N–H and O–H groups in total. The second-order valence-electron chi connectivity index (χ2n) is 4.23. The summed E-state index contributed by atoms with van der Waals surface area (Å²) >= 11 is 0. The van der Waals surface area contributed by atoms with E-state index < -0.39 is 23.6 Å². The third kappa shape index (κ3) is 2.72. The van der Waals surface area contributed by atoms with Crippen LogP contribution < -0.4 is 4.74 Å². The molecule has 1 fully saturated rings. The Balaban J connectivity index is 2.10. The van der Waals surface area contributed by atoms with E-state index in [4.69, 9.17) is 4.74 Å². The Bertz CT molecular complexity index is 409. The molecule has 94 valence electrons. The molecule has 1 aromatic carbocycles. The Morgan fingerprint density at radius 1 is 1.12 bits per heavy atom. The fourth-order valence-corrected chi connectivity index (χ4v) is 2.01. The van der Waals surface area contributed by atoms with Gasteiger partial charge in [0, 0.05) is 6.42 Å². The van der Waals surface area contributed by atoms with Gasteiger partial charge in [-0.2, -0.15) is 4.39 Å². The summed E-state index contributed by atoms with van der Waals surface area (Å²) in [5, 5.41) is 9.42. The number of hydrogen-bond donors (Lipinski definition) is 1. The quantitative estimate of drug-likeness (QED) is 0.813. The molecule has 1 aliphatic carbocycles. The van der Waals surface area contributed by atoms with Crippen molar-refractivity contribution in [2.24, 2.45) is 0 Å². The van der Waals surface area contributed by atoms with Crippen molar-refractivity contribution in [3.05, 3.63) is 29.6 Å². The van der Waals surface area contributed by atoms with Crippen LogP contribution in [-0.2, 0) is 0 Å². The SMILES string of the molecule is OC1CCCC(Oc2ccc(F)c(F)c2F)C1. The van der Waals surface area contributed by atoms with Crippen LogP contribution in [0.1, 0.15) is 25.7 Å². The van der Waals surface area contributed by atoms with E-state index in [1.807, 2.05) is 0 Å². The third-order valence-electron chi connectivity index (χ3n) is 2.89. The van der Waals surface area contributed by atoms with Gasteiger partial charge in [-0.1, -0.05) is 0 Å². The molecule has 0 heterocycles. The molecular weight excluding hydrogens is 233 g/mol. The van der Waals surface area contributed by atoms with E-state index in [1.165, 1.54) is 0 Å². The monoisotopic (exact) mass is 246 g/mol. The Hall–Kier alpha value is -1.23. The predicted molar refractivity (Wildman–Crippen MR) is 55.2 cm³/mol. The number of ether oxygens (including phenoxy) is 1. The van der Waals surface area contributed by atoms with Gasteiger partial charge in [-0.05, 0) is 31.4 Å². The molecule has 1 aliphatic rings. The first-order chi connectivity index (χ1) is 8.08. The van der Waals surface area contributed by atoms with Crippen LogP contribution in [-0.4, -0.2) is 17.3 Å². The van der Waals surface area contributed by atoms with Gasteiger partial charge < -0.3 is 9.84 Å². The summed E-state index contributed by atoms with van der Waals surface area (Å²) in [5.74, 6) is -4.38. The first-order valence-corrected chi connectivity index (χ1v) is 5.56. The van der Waals surface area contributed by atoms with Crippen LogP contribution >= 0.6 is 0 Å². The van der Waals surface area contributed by atoms with Crippen molar-refractivity contribution >= 4 is 0 Å². The largest absolute Gasteiger partial charge is 0.487 e. The van der Waals surface area contributed by atoms with Gasteiger partial charge in [-0.15, -0.1) is 0 Å². The summed E-state index contributed by atoms with van der Waals surface area (Å²) in [6.45, 7) is 0. The van der Waals surface area contributed by atoms with E-state index in [9.17, 15) is 18.3 Å². The molecule has 0 bridgehead atoms. The maximum atomic E-state index is 13.3. The molecule has 2 rings (SSSR count). The first kappa shape index (κ1) is 12.2. The molecule has 17 heavy (non-hydrogen) atoms. The molecule has 0 aromatic heterocycles. The Kier molecular flexibility index (Phi) is 3.57. The van der Waals surface area contributed by atoms with Gasteiger partial charge in [0.05, 0.1) is 6.10 Å². The lowest BCUT2D eigenvalue weighted by Crippen LogP contribution is -2.28. The van der Waals surface area contributed by atoms with Gasteiger partial charge in [0.1, 0.15) is 6.10 Å². The molecule has 0 spiro atoms. The smallest absolute Gasteiger partial charge is 0.203 e. The van der Waals surface area contributed by atoms with E-state index in [0.717, 1.165) is 18.6 Å². The number of aliphatic hydroxyl groups is 1. The second kappa shape index (κ2) is 4.96. The lowest BCUT2D eigenvalue weighted by Gasteiger charge is -2.26. The third-order valence-corrected chi connectivity index (χ3v) is 2.89. The minimum absolute atomic E-state index is 0.303. The summed E-state index contributed by atoms with van der Waals surface area (Å²) in [6.07, 6.45) is 1.71. The lowest BCUT2D eigenvalue weighted by molar-refractivity contribution is 0.0512. The predicted octanol–water partition coefficient (Wildman–Crippen LogP) is 2.79. The van der Waals surface area contributed by atoms with Crippen LogP contribution in [0.5, 0.6) is 5.75 Å². The molecule has 1 aromatic rings. The highest BCUT2D eigenvalue weighted by Crippen LogP contribution is 2.27. The summed E-state index contributed by atoms with van der Waals surface area (Å²) in [5.41, 5.74) is 0. The maximum absolute atomic E-state index is 13.3. The Labute approximate surface area is 97.0 Å². The zero-order chi connectivity index (χ0) is 12.4. The van der Waals surface area contributed by atoms with Crippen molar-refractivity contribution in [3.8, 4) is 5.75 Å². The number of benzene rings is 1. The van der Waals surface area contributed by atoms with E-state index in [-0.39, 0.29) is 11.9 Å². The summed E-state index contributed by atoms with van der Waals surface area (Å²) < 4.78 is 44.2. The van der Waals surface area contributed by atoms with Crippen LogP contribution in [0.25, 0.3) is 0 Å². The number of hydrogen-bond acceptors (Lipinski definition) is 2. The zero-order valence-electron chi connectivity index (χ0n) is 9.13. The van der Waals surface area contributed by atoms with Crippen molar-refractivity contribution in [1.29, 1.82) is 0 Å². The van der Waals surface area contributed by atoms with Gasteiger partial charge in [-0.3, -0.25) is 0 Å². The fraction of sp³-hybridized carbons (Fsp3) is 0.500. The van der Waals surface area contributed by atoms with Gasteiger partial charge in [-0.25, -0.2) is 8.78 Å². The minimum Gasteiger partial charge on any atom is -0.487 e. The van der Waals surface area contributed by atoms with Crippen molar-refractivity contribution in [1.82, 2.24) is 0 Å². The molecule has 0 aliphatic heterocycles. The zero-order valence-corrected chi connectivity index (χ0v) is 9.13. The van der Waals surface area contributed by atoms with Crippen molar-refractivity contribution in [2.75, 3.05) is 0 Å². The van der Waals surface area contributed by atoms with Gasteiger partial charge in [0.2, 0.25) is 5.82 Å². The molecule has 0 radical (unpaired) electrons. The molecule has 1 saturated carbocycles. The number of aliphatic hydroxyl groups excluding tert-OH is 1. The van der Waals surface area contributed by atoms with Crippen LogP contribution in [0, 0.1) is 17.5 Å². The molecule has 5 heteroatoms. The number of rotatable bonds is 2. The van der Waals surface area contributed by atoms with Gasteiger partial charge in [0.15, 0.2) is 17.4 Å².